The Morgan fingerprint density at radius 3 is 2.47 bits per heavy atom. The van der Waals surface area contributed by atoms with Crippen LogP contribution in [0.15, 0.2) is 66.1 Å². The van der Waals surface area contributed by atoms with Gasteiger partial charge in [0.15, 0.2) is 11.5 Å². The molecule has 2 aromatic carbocycles. The van der Waals surface area contributed by atoms with E-state index in [4.69, 9.17) is 26.9 Å². The number of hydrogen-bond donors (Lipinski definition) is 1. The molecule has 0 radical (unpaired) electrons. The molecule has 2 N–H and O–H groups in total. The third-order valence-electron chi connectivity index (χ3n) is 3.59. The maximum Gasteiger partial charge on any atom is 0.416 e. The predicted molar refractivity (Wildman–Crippen MR) is 101 cm³/mol. The number of hydrogen-bond acceptors (Lipinski definition) is 6. The molecule has 154 valence electrons. The van der Waals surface area contributed by atoms with E-state index in [1.807, 2.05) is 0 Å². The number of amidine groups is 1. The van der Waals surface area contributed by atoms with E-state index in [1.54, 1.807) is 0 Å². The smallest absolute Gasteiger partial charge is 0.416 e. The first-order valence-electron chi connectivity index (χ1n) is 8.21. The minimum Gasteiger partial charge on any atom is -0.437 e. The molecule has 0 amide bonds. The molecule has 0 spiro atoms. The normalized spacial score (nSPS) is 11.8. The summed E-state index contributed by atoms with van der Waals surface area (Å²) in [4.78, 5) is 24.6. The molecule has 0 bridgehead atoms. The van der Waals surface area contributed by atoms with Gasteiger partial charge in [-0.05, 0) is 42.5 Å². The lowest BCUT2D eigenvalue weighted by Crippen LogP contribution is -2.18. The Balaban J connectivity index is 1.80. The predicted octanol–water partition coefficient (Wildman–Crippen LogP) is 4.42. The highest BCUT2D eigenvalue weighted by molar-refractivity contribution is 6.30. The largest absolute Gasteiger partial charge is 0.437 e. The van der Waals surface area contributed by atoms with Gasteiger partial charge in [-0.15, -0.1) is 0 Å². The van der Waals surface area contributed by atoms with E-state index in [0.717, 1.165) is 12.1 Å². The third kappa shape index (κ3) is 5.23. The molecule has 7 nitrogen and oxygen atoms in total. The van der Waals surface area contributed by atoms with Crippen LogP contribution in [0.5, 0.6) is 11.6 Å². The average Bonchev–Trinajstić information content (AvgIpc) is 2.72. The van der Waals surface area contributed by atoms with Crippen molar-refractivity contribution in [2.24, 2.45) is 10.9 Å². The number of rotatable bonds is 5. The Morgan fingerprint density at radius 1 is 1.07 bits per heavy atom. The first-order chi connectivity index (χ1) is 14.2. The SMILES string of the molecule is N/C(=N\OC(=O)c1ccc(Cl)cc1)c1nccnc1Oc1cccc(C(F)(F)F)c1. The number of carbonyl (C=O) groups is 1. The number of ether oxygens (including phenoxy) is 1. The van der Waals surface area contributed by atoms with Gasteiger partial charge in [-0.1, -0.05) is 22.8 Å². The maximum atomic E-state index is 12.9. The van der Waals surface area contributed by atoms with E-state index < -0.39 is 17.7 Å². The van der Waals surface area contributed by atoms with Gasteiger partial charge in [-0.3, -0.25) is 0 Å². The number of carbonyl (C=O) groups excluding carboxylic acids is 1. The van der Waals surface area contributed by atoms with Crippen LogP contribution in [-0.2, 0) is 11.0 Å². The molecule has 3 aromatic rings. The fourth-order valence-electron chi connectivity index (χ4n) is 2.20. The molecule has 30 heavy (non-hydrogen) atoms. The molecule has 0 aliphatic rings. The Morgan fingerprint density at radius 2 is 1.77 bits per heavy atom. The second-order valence-corrected chi connectivity index (χ2v) is 6.14. The number of alkyl halides is 3. The number of aromatic nitrogens is 2. The van der Waals surface area contributed by atoms with E-state index in [2.05, 4.69) is 15.1 Å². The quantitative estimate of drug-likeness (QED) is 0.275. The Labute approximate surface area is 172 Å². The number of nitrogens with zero attached hydrogens (tertiary/aromatic N) is 3. The second kappa shape index (κ2) is 8.78. The Kier molecular flexibility index (Phi) is 6.17. The lowest BCUT2D eigenvalue weighted by atomic mass is 10.2. The summed E-state index contributed by atoms with van der Waals surface area (Å²) in [6.07, 6.45) is -2.03. The summed E-state index contributed by atoms with van der Waals surface area (Å²) >= 11 is 5.75. The second-order valence-electron chi connectivity index (χ2n) is 5.70. The van der Waals surface area contributed by atoms with E-state index in [-0.39, 0.29) is 28.7 Å². The molecular formula is C19H12ClF3N4O3. The molecular weight excluding hydrogens is 425 g/mol. The van der Waals surface area contributed by atoms with Crippen molar-refractivity contribution in [1.82, 2.24) is 9.97 Å². The summed E-state index contributed by atoms with van der Waals surface area (Å²) in [5, 5.41) is 3.94. The highest BCUT2D eigenvalue weighted by Crippen LogP contribution is 2.32. The topological polar surface area (TPSA) is 99.7 Å². The lowest BCUT2D eigenvalue weighted by molar-refractivity contribution is -0.137. The van der Waals surface area contributed by atoms with Crippen molar-refractivity contribution in [3.63, 3.8) is 0 Å². The zero-order valence-electron chi connectivity index (χ0n) is 14.9. The van der Waals surface area contributed by atoms with Crippen molar-refractivity contribution in [3.8, 4) is 11.6 Å². The first-order valence-corrected chi connectivity index (χ1v) is 8.58. The number of nitrogens with two attached hydrogens (primary N) is 1. The number of oxime groups is 1. The van der Waals surface area contributed by atoms with Gasteiger partial charge in [0.25, 0.3) is 0 Å². The van der Waals surface area contributed by atoms with Crippen molar-refractivity contribution < 1.29 is 27.5 Å². The van der Waals surface area contributed by atoms with Gasteiger partial charge in [0.1, 0.15) is 5.75 Å². The van der Waals surface area contributed by atoms with E-state index in [0.29, 0.717) is 5.02 Å². The standard InChI is InChI=1S/C19H12ClF3N4O3/c20-13-6-4-11(5-7-13)18(28)30-27-16(24)15-17(26-9-8-25-15)29-14-3-1-2-12(10-14)19(21,22)23/h1-10H,(H2,24,27). The fourth-order valence-corrected chi connectivity index (χ4v) is 2.32. The van der Waals surface area contributed by atoms with Crippen LogP contribution in [0.4, 0.5) is 13.2 Å². The molecule has 0 saturated heterocycles. The van der Waals surface area contributed by atoms with Gasteiger partial charge in [0.2, 0.25) is 5.88 Å². The molecule has 1 aromatic heterocycles. The van der Waals surface area contributed by atoms with Crippen LogP contribution in [0.2, 0.25) is 5.02 Å². The van der Waals surface area contributed by atoms with Gasteiger partial charge in [-0.25, -0.2) is 14.8 Å². The summed E-state index contributed by atoms with van der Waals surface area (Å²) in [7, 11) is 0. The molecule has 0 unspecified atom stereocenters. The summed E-state index contributed by atoms with van der Waals surface area (Å²) in [5.74, 6) is -1.54. The third-order valence-corrected chi connectivity index (χ3v) is 3.84. The Bertz CT molecular complexity index is 1090. The lowest BCUT2D eigenvalue weighted by Gasteiger charge is -2.11. The van der Waals surface area contributed by atoms with Crippen molar-refractivity contribution in [2.45, 2.75) is 6.18 Å². The minimum absolute atomic E-state index is 0.126. The van der Waals surface area contributed by atoms with Crippen molar-refractivity contribution in [3.05, 3.63) is 82.8 Å². The van der Waals surface area contributed by atoms with Crippen LogP contribution in [0.1, 0.15) is 21.6 Å². The molecule has 0 fully saturated rings. The van der Waals surface area contributed by atoms with Crippen LogP contribution >= 0.6 is 11.6 Å². The number of halogens is 4. The van der Waals surface area contributed by atoms with Gasteiger partial charge >= 0.3 is 12.1 Å². The summed E-state index contributed by atoms with van der Waals surface area (Å²) in [6, 6.07) is 10.0. The molecule has 1 heterocycles. The molecule has 0 aliphatic carbocycles. The zero-order chi connectivity index (χ0) is 21.7. The highest BCUT2D eigenvalue weighted by Gasteiger charge is 2.30. The Hall–Kier alpha value is -3.66. The average molecular weight is 437 g/mol. The van der Waals surface area contributed by atoms with Crippen molar-refractivity contribution >= 4 is 23.4 Å². The van der Waals surface area contributed by atoms with E-state index >= 15 is 0 Å². The van der Waals surface area contributed by atoms with E-state index in [9.17, 15) is 18.0 Å². The maximum absolute atomic E-state index is 12.9. The van der Waals surface area contributed by atoms with Crippen LogP contribution in [-0.4, -0.2) is 21.8 Å². The summed E-state index contributed by atoms with van der Waals surface area (Å²) in [6.45, 7) is 0. The molecule has 0 saturated carbocycles. The molecule has 0 aliphatic heterocycles. The minimum atomic E-state index is -4.54. The highest BCUT2D eigenvalue weighted by atomic mass is 35.5. The molecule has 0 atom stereocenters. The van der Waals surface area contributed by atoms with Gasteiger partial charge in [0, 0.05) is 17.4 Å². The molecule has 3 rings (SSSR count). The summed E-state index contributed by atoms with van der Waals surface area (Å²) < 4.78 is 44.0. The monoisotopic (exact) mass is 436 g/mol. The summed E-state index contributed by atoms with van der Waals surface area (Å²) in [5.41, 5.74) is 4.94. The van der Waals surface area contributed by atoms with Gasteiger partial charge in [0.05, 0.1) is 11.1 Å². The van der Waals surface area contributed by atoms with Crippen LogP contribution in [0.3, 0.4) is 0 Å². The van der Waals surface area contributed by atoms with Crippen LogP contribution in [0.25, 0.3) is 0 Å². The zero-order valence-corrected chi connectivity index (χ0v) is 15.7. The van der Waals surface area contributed by atoms with Crippen LogP contribution in [0, 0.1) is 0 Å². The molecule has 11 heteroatoms. The fraction of sp³-hybridized carbons (Fsp3) is 0.0526. The first kappa shape index (κ1) is 21.1. The van der Waals surface area contributed by atoms with E-state index in [1.165, 1.54) is 48.8 Å². The van der Waals surface area contributed by atoms with Crippen molar-refractivity contribution in [1.29, 1.82) is 0 Å². The number of benzene rings is 2. The van der Waals surface area contributed by atoms with Gasteiger partial charge < -0.3 is 15.3 Å². The van der Waals surface area contributed by atoms with Gasteiger partial charge in [-0.2, -0.15) is 13.2 Å². The van der Waals surface area contributed by atoms with Crippen molar-refractivity contribution in [2.75, 3.05) is 0 Å². The van der Waals surface area contributed by atoms with Crippen LogP contribution < -0.4 is 10.5 Å².